The Morgan fingerprint density at radius 1 is 0.131 bits per heavy atom. The van der Waals surface area contributed by atoms with Gasteiger partial charge in [0, 0.05) is 0 Å². The van der Waals surface area contributed by atoms with E-state index in [0.29, 0.717) is 0 Å². The molecule has 0 saturated heterocycles. The van der Waals surface area contributed by atoms with Crippen LogP contribution in [0.5, 0.6) is 0 Å². The van der Waals surface area contributed by atoms with Gasteiger partial charge >= 0.3 is 0 Å². The third-order valence-corrected chi connectivity index (χ3v) is 17.5. The molecule has 0 fully saturated rings. The van der Waals surface area contributed by atoms with Crippen molar-refractivity contribution in [3.8, 4) is 100 Å². The largest absolute Gasteiger partial charge is 0.0622 e. The Morgan fingerprint density at radius 2 is 0.440 bits per heavy atom. The van der Waals surface area contributed by atoms with Crippen LogP contribution in [-0.2, 0) is 0 Å². The summed E-state index contributed by atoms with van der Waals surface area (Å²) < 4.78 is 0. The number of hydrogen-bond acceptors (Lipinski definition) is 0. The predicted molar refractivity (Wildman–Crippen MR) is 360 cm³/mol. The van der Waals surface area contributed by atoms with E-state index in [2.05, 4.69) is 328 Å². The average molecular weight is 1060 g/mol. The monoisotopic (exact) mass is 1060 g/mol. The molecule has 0 nitrogen and oxygen atoms in total. The van der Waals surface area contributed by atoms with Crippen LogP contribution in [-0.4, -0.2) is 0 Å². The van der Waals surface area contributed by atoms with E-state index in [0.717, 1.165) is 0 Å². The van der Waals surface area contributed by atoms with E-state index < -0.39 is 0 Å². The second kappa shape index (κ2) is 20.6. The zero-order valence-corrected chi connectivity index (χ0v) is 46.2. The van der Waals surface area contributed by atoms with Crippen molar-refractivity contribution in [2.45, 2.75) is 0 Å². The molecular formula is C84H54. The van der Waals surface area contributed by atoms with Crippen LogP contribution < -0.4 is 0 Å². The Bertz CT molecular complexity index is 5060. The van der Waals surface area contributed by atoms with E-state index in [1.165, 1.54) is 165 Å². The van der Waals surface area contributed by atoms with Crippen LogP contribution >= 0.6 is 0 Å². The van der Waals surface area contributed by atoms with E-state index in [9.17, 15) is 0 Å². The molecule has 1 aliphatic rings. The first-order valence-electron chi connectivity index (χ1n) is 29.1. The minimum atomic E-state index is 1.22. The Hall–Kier alpha value is -10.9. The highest BCUT2D eigenvalue weighted by atomic mass is 14.3. The lowest BCUT2D eigenvalue weighted by atomic mass is 9.84. The minimum Gasteiger partial charge on any atom is -0.0622 e. The standard InChI is InChI=1S/C42H26.C42H28/c1-2-11-27(12-3-1)28-21-23-29(24-22-28)40-33-15-6-8-17-35(33)42(36-18-9-7-16-34(36)40)39-26-25-38-31-14-5-4-13-30(31)32-19-10-20-37(39)41(32)38;1-2-11-29(12-3-1)34-15-10-16-35(27-34)31-21-24-32(25-22-31)41-37-17-6-8-19-39(37)42(40-20-9-7-18-38(40)41)36-26-23-30-13-4-5-14-33(30)28-36/h1-26H;1-28H. The van der Waals surface area contributed by atoms with E-state index in [1.807, 2.05) is 0 Å². The molecular weight excluding hydrogens is 1010 g/mol. The summed E-state index contributed by atoms with van der Waals surface area (Å²) in [7, 11) is 0. The lowest BCUT2D eigenvalue weighted by Gasteiger charge is -2.19. The van der Waals surface area contributed by atoms with Crippen LogP contribution in [0.1, 0.15) is 0 Å². The lowest BCUT2D eigenvalue weighted by Crippen LogP contribution is -1.92. The van der Waals surface area contributed by atoms with Gasteiger partial charge in [0.2, 0.25) is 0 Å². The van der Waals surface area contributed by atoms with Gasteiger partial charge in [-0.15, -0.1) is 0 Å². The fourth-order valence-corrected chi connectivity index (χ4v) is 13.6. The first-order chi connectivity index (χ1) is 41.7. The van der Waals surface area contributed by atoms with Gasteiger partial charge in [-0.2, -0.15) is 0 Å². The molecule has 0 aromatic heterocycles. The molecule has 0 amide bonds. The molecule has 1 aliphatic carbocycles. The Morgan fingerprint density at radius 3 is 0.952 bits per heavy atom. The molecule has 390 valence electrons. The molecule has 0 heterocycles. The first-order valence-corrected chi connectivity index (χ1v) is 29.1. The summed E-state index contributed by atoms with van der Waals surface area (Å²) in [4.78, 5) is 0. The fourth-order valence-electron chi connectivity index (χ4n) is 13.6. The van der Waals surface area contributed by atoms with Crippen molar-refractivity contribution in [1.82, 2.24) is 0 Å². The number of fused-ring (bicyclic) bond motifs is 8. The van der Waals surface area contributed by atoms with Gasteiger partial charge in [0.05, 0.1) is 0 Å². The van der Waals surface area contributed by atoms with Crippen molar-refractivity contribution in [2.24, 2.45) is 0 Å². The molecule has 16 aromatic carbocycles. The highest BCUT2D eigenvalue weighted by Gasteiger charge is 2.25. The predicted octanol–water partition coefficient (Wildman–Crippen LogP) is 23.6. The van der Waals surface area contributed by atoms with E-state index in [-0.39, 0.29) is 0 Å². The van der Waals surface area contributed by atoms with Gasteiger partial charge in [-0.1, -0.05) is 315 Å². The quantitative estimate of drug-likeness (QED) is 0.140. The Balaban J connectivity index is 0.000000137. The first kappa shape index (κ1) is 48.9. The molecule has 0 N–H and O–H groups in total. The molecule has 0 unspecified atom stereocenters. The molecule has 0 bridgehead atoms. The zero-order chi connectivity index (χ0) is 55.5. The summed E-state index contributed by atoms with van der Waals surface area (Å²) in [6.07, 6.45) is 0. The molecule has 0 aliphatic heterocycles. The summed E-state index contributed by atoms with van der Waals surface area (Å²) in [5, 5.41) is 15.5. The maximum Gasteiger partial charge on any atom is -0.00201 e. The van der Waals surface area contributed by atoms with Crippen molar-refractivity contribution in [1.29, 1.82) is 0 Å². The van der Waals surface area contributed by atoms with Crippen LogP contribution in [0.4, 0.5) is 0 Å². The van der Waals surface area contributed by atoms with Gasteiger partial charge in [0.1, 0.15) is 0 Å². The van der Waals surface area contributed by atoms with E-state index >= 15 is 0 Å². The van der Waals surface area contributed by atoms with Crippen LogP contribution in [0.25, 0.3) is 165 Å². The Labute approximate surface area is 489 Å². The highest BCUT2D eigenvalue weighted by Crippen LogP contribution is 2.52. The summed E-state index contributed by atoms with van der Waals surface area (Å²) in [5.74, 6) is 0. The average Bonchev–Trinajstić information content (AvgIpc) is 1.71. The third kappa shape index (κ3) is 8.30. The molecule has 0 saturated carbocycles. The second-order valence-electron chi connectivity index (χ2n) is 22.1. The minimum absolute atomic E-state index is 1.22. The van der Waals surface area contributed by atoms with E-state index in [4.69, 9.17) is 0 Å². The summed E-state index contributed by atoms with van der Waals surface area (Å²) in [5.41, 5.74) is 22.9. The topological polar surface area (TPSA) is 0 Å². The SMILES string of the molecule is c1ccc(-c2ccc(-c3c4ccccc4c(-c4ccc5c6c(cccc46)-c4ccccc4-5)c4ccccc34)cc2)cc1.c1ccc(-c2cccc(-c3ccc(-c4c5ccccc5c(-c5ccc6ccccc6c5)c5ccccc45)cc3)c2)cc1. The second-order valence-corrected chi connectivity index (χ2v) is 22.1. The van der Waals surface area contributed by atoms with Crippen LogP contribution in [0, 0.1) is 0 Å². The Kier molecular flexibility index (Phi) is 12.0. The molecule has 0 spiro atoms. The normalized spacial score (nSPS) is 11.6. The fraction of sp³-hybridized carbons (Fsp3) is 0. The van der Waals surface area contributed by atoms with Crippen molar-refractivity contribution < 1.29 is 0 Å². The maximum absolute atomic E-state index is 2.35. The molecule has 0 radical (unpaired) electrons. The van der Waals surface area contributed by atoms with Crippen LogP contribution in [0.2, 0.25) is 0 Å². The van der Waals surface area contributed by atoms with E-state index in [1.54, 1.807) is 0 Å². The number of benzene rings is 16. The molecule has 0 atom stereocenters. The van der Waals surface area contributed by atoms with Crippen LogP contribution in [0.15, 0.2) is 328 Å². The summed E-state index contributed by atoms with van der Waals surface area (Å²) in [6, 6.07) is 120. The molecule has 17 rings (SSSR count). The maximum atomic E-state index is 2.35. The van der Waals surface area contributed by atoms with Gasteiger partial charge in [-0.05, 0) is 177 Å². The number of hydrogen-bond donors (Lipinski definition) is 0. The summed E-state index contributed by atoms with van der Waals surface area (Å²) in [6.45, 7) is 0. The zero-order valence-electron chi connectivity index (χ0n) is 46.2. The summed E-state index contributed by atoms with van der Waals surface area (Å²) >= 11 is 0. The molecule has 0 heteroatoms. The highest BCUT2D eigenvalue weighted by molar-refractivity contribution is 6.27. The number of rotatable bonds is 7. The van der Waals surface area contributed by atoms with Gasteiger partial charge in [-0.25, -0.2) is 0 Å². The third-order valence-electron chi connectivity index (χ3n) is 17.5. The smallest absolute Gasteiger partial charge is 0.00201 e. The van der Waals surface area contributed by atoms with Crippen molar-refractivity contribution in [3.63, 3.8) is 0 Å². The molecule has 16 aromatic rings. The van der Waals surface area contributed by atoms with Crippen molar-refractivity contribution >= 4 is 64.6 Å². The van der Waals surface area contributed by atoms with Gasteiger partial charge < -0.3 is 0 Å². The van der Waals surface area contributed by atoms with Crippen LogP contribution in [0.3, 0.4) is 0 Å². The lowest BCUT2D eigenvalue weighted by molar-refractivity contribution is 1.58. The van der Waals surface area contributed by atoms with Gasteiger partial charge in [-0.3, -0.25) is 0 Å². The van der Waals surface area contributed by atoms with Crippen molar-refractivity contribution in [3.05, 3.63) is 328 Å². The van der Waals surface area contributed by atoms with Gasteiger partial charge in [0.15, 0.2) is 0 Å². The van der Waals surface area contributed by atoms with Crippen molar-refractivity contribution in [2.75, 3.05) is 0 Å². The van der Waals surface area contributed by atoms with Gasteiger partial charge in [0.25, 0.3) is 0 Å². The molecule has 84 heavy (non-hydrogen) atoms.